The summed E-state index contributed by atoms with van der Waals surface area (Å²) in [5.74, 6) is -0.772. The minimum atomic E-state index is -0.742. The number of carbonyl (C=O) groups is 3. The molecule has 2 bridgehead atoms. The summed E-state index contributed by atoms with van der Waals surface area (Å²) in [5, 5.41) is 9.16. The maximum atomic E-state index is 15.1. The predicted molar refractivity (Wildman–Crippen MR) is 200 cm³/mol. The number of alkyl halides is 1. The van der Waals surface area contributed by atoms with Crippen molar-refractivity contribution in [2.45, 2.75) is 106 Å². The van der Waals surface area contributed by atoms with E-state index in [0.29, 0.717) is 39.1 Å². The minimum Gasteiger partial charge on any atom is -0.494 e. The molecule has 0 aliphatic carbocycles. The summed E-state index contributed by atoms with van der Waals surface area (Å²) in [6, 6.07) is 6.76. The second kappa shape index (κ2) is 15.7. The Hall–Kier alpha value is -2.30. The normalized spacial score (nSPS) is 26.4. The van der Waals surface area contributed by atoms with Crippen LogP contribution in [0.3, 0.4) is 0 Å². The van der Waals surface area contributed by atoms with Crippen molar-refractivity contribution < 1.29 is 24.2 Å². The van der Waals surface area contributed by atoms with Crippen LogP contribution in [0.15, 0.2) is 49.6 Å². The van der Waals surface area contributed by atoms with E-state index < -0.39 is 28.2 Å². The molecule has 48 heavy (non-hydrogen) atoms. The molecule has 8 nitrogen and oxygen atoms in total. The Labute approximate surface area is 300 Å². The van der Waals surface area contributed by atoms with Crippen LogP contribution in [0.25, 0.3) is 0 Å². The van der Waals surface area contributed by atoms with E-state index in [9.17, 15) is 14.7 Å². The number of likely N-dealkylation sites (tertiary alicyclic amines) is 1. The number of hydrogen-bond acceptors (Lipinski definition) is 6. The van der Waals surface area contributed by atoms with Gasteiger partial charge in [0.15, 0.2) is 0 Å². The lowest BCUT2D eigenvalue weighted by Crippen LogP contribution is -2.60. The lowest BCUT2D eigenvalue weighted by Gasteiger charge is -2.46. The molecule has 0 saturated carbocycles. The van der Waals surface area contributed by atoms with Gasteiger partial charge in [-0.15, -0.1) is 24.9 Å². The second-order valence-corrected chi connectivity index (χ2v) is 18.0. The van der Waals surface area contributed by atoms with Gasteiger partial charge in [0.2, 0.25) is 17.7 Å². The van der Waals surface area contributed by atoms with Gasteiger partial charge in [-0.1, -0.05) is 61.7 Å². The maximum absolute atomic E-state index is 15.1. The number of benzene rings is 1. The van der Waals surface area contributed by atoms with Crippen LogP contribution in [-0.2, 0) is 14.4 Å². The zero-order valence-electron chi connectivity index (χ0n) is 29.8. The lowest BCUT2D eigenvalue weighted by atomic mass is 9.70. The summed E-state index contributed by atoms with van der Waals surface area (Å²) in [4.78, 5) is 50.1. The van der Waals surface area contributed by atoms with E-state index in [1.54, 1.807) is 28.8 Å². The molecule has 3 aliphatic heterocycles. The first-order valence-electron chi connectivity index (χ1n) is 17.5. The van der Waals surface area contributed by atoms with Crippen LogP contribution < -0.4 is 9.64 Å². The number of fused-ring (bicyclic) bond motifs is 1. The highest BCUT2D eigenvalue weighted by Gasteiger charge is 2.76. The maximum Gasteiger partial charge on any atom is 0.247 e. The number of thioether (sulfide) groups is 1. The minimum absolute atomic E-state index is 0.0262. The Morgan fingerprint density at radius 1 is 1.06 bits per heavy atom. The number of ether oxygens (including phenoxy) is 1. The third kappa shape index (κ3) is 7.70. The van der Waals surface area contributed by atoms with Crippen molar-refractivity contribution in [3.8, 4) is 5.75 Å². The molecule has 10 heteroatoms. The van der Waals surface area contributed by atoms with Crippen molar-refractivity contribution >= 4 is 51.1 Å². The molecule has 3 heterocycles. The van der Waals surface area contributed by atoms with Crippen LogP contribution in [0, 0.1) is 17.3 Å². The largest absolute Gasteiger partial charge is 0.494 e. The number of nitrogens with zero attached hydrogens (tertiary/aromatic N) is 3. The average Bonchev–Trinajstić information content (AvgIpc) is 3.60. The first-order valence-corrected chi connectivity index (χ1v) is 19.3. The molecule has 1 aromatic carbocycles. The van der Waals surface area contributed by atoms with Gasteiger partial charge in [-0.3, -0.25) is 14.4 Å². The molecule has 1 aromatic rings. The number of hydrogen-bond donors (Lipinski definition) is 1. The summed E-state index contributed by atoms with van der Waals surface area (Å²) in [6.07, 6.45) is 8.02. The van der Waals surface area contributed by atoms with Gasteiger partial charge in [-0.2, -0.15) is 0 Å². The van der Waals surface area contributed by atoms with Gasteiger partial charge in [-0.05, 0) is 76.1 Å². The van der Waals surface area contributed by atoms with Crippen LogP contribution in [-0.4, -0.2) is 91.9 Å². The lowest BCUT2D eigenvalue weighted by molar-refractivity contribution is -0.146. The molecule has 0 aromatic heterocycles. The molecule has 0 radical (unpaired) electrons. The molecule has 3 unspecified atom stereocenters. The molecule has 3 fully saturated rings. The third-order valence-corrected chi connectivity index (χ3v) is 13.1. The molecule has 1 N–H and O–H groups in total. The first-order chi connectivity index (χ1) is 22.7. The fourth-order valence-corrected chi connectivity index (χ4v) is 12.1. The Morgan fingerprint density at radius 3 is 2.29 bits per heavy atom. The SMILES string of the molecule is C=CCN(C(=O)[C@H]1[C@@H]2SC3(CC2Br)C(C(=O)N(CC=C)C(C)(C)CC(C)(C)C)N(CCCCCCO)C(=O)[C@H]13)c1ccc(OCC)cc1. The van der Waals surface area contributed by atoms with Gasteiger partial charge in [0.05, 0.1) is 23.2 Å². The summed E-state index contributed by atoms with van der Waals surface area (Å²) in [7, 11) is 0. The van der Waals surface area contributed by atoms with E-state index in [-0.39, 0.29) is 39.8 Å². The van der Waals surface area contributed by atoms with Crippen LogP contribution in [0.2, 0.25) is 0 Å². The van der Waals surface area contributed by atoms with E-state index in [1.807, 2.05) is 41.0 Å². The van der Waals surface area contributed by atoms with Crippen molar-refractivity contribution in [1.82, 2.24) is 9.80 Å². The van der Waals surface area contributed by atoms with E-state index in [0.717, 1.165) is 37.1 Å². The number of amides is 3. The molecular formula is C38H56BrN3O5S. The van der Waals surface area contributed by atoms with Crippen LogP contribution in [0.1, 0.15) is 80.1 Å². The molecule has 3 amide bonds. The summed E-state index contributed by atoms with van der Waals surface area (Å²) in [6.45, 7) is 22.4. The smallest absolute Gasteiger partial charge is 0.247 e. The molecule has 266 valence electrons. The number of aliphatic hydroxyl groups excluding tert-OH is 1. The highest BCUT2D eigenvalue weighted by molar-refractivity contribution is 9.09. The van der Waals surface area contributed by atoms with Crippen LogP contribution in [0.4, 0.5) is 5.69 Å². The highest BCUT2D eigenvalue weighted by Crippen LogP contribution is 2.68. The topological polar surface area (TPSA) is 90.4 Å². The third-order valence-electron chi connectivity index (χ3n) is 9.92. The van der Waals surface area contributed by atoms with E-state index in [4.69, 9.17) is 4.74 Å². The summed E-state index contributed by atoms with van der Waals surface area (Å²) >= 11 is 5.60. The van der Waals surface area contributed by atoms with Gasteiger partial charge in [-0.25, -0.2) is 0 Å². The van der Waals surface area contributed by atoms with Gasteiger partial charge in [0.1, 0.15) is 11.8 Å². The van der Waals surface area contributed by atoms with Crippen LogP contribution in [0.5, 0.6) is 5.75 Å². The van der Waals surface area contributed by atoms with E-state index in [2.05, 4.69) is 63.7 Å². The predicted octanol–water partition coefficient (Wildman–Crippen LogP) is 6.85. The number of carbonyl (C=O) groups excluding carboxylic acids is 3. The fourth-order valence-electron chi connectivity index (χ4n) is 8.51. The molecule has 3 saturated heterocycles. The zero-order chi connectivity index (χ0) is 35.4. The average molecular weight is 747 g/mol. The van der Waals surface area contributed by atoms with E-state index >= 15 is 4.79 Å². The van der Waals surface area contributed by atoms with Gasteiger partial charge in [0.25, 0.3) is 0 Å². The summed E-state index contributed by atoms with van der Waals surface area (Å²) in [5.41, 5.74) is 0.194. The summed E-state index contributed by atoms with van der Waals surface area (Å²) < 4.78 is 4.89. The molecule has 1 spiro atoms. The number of anilines is 1. The molecule has 6 atom stereocenters. The van der Waals surface area contributed by atoms with Crippen molar-refractivity contribution in [2.75, 3.05) is 37.7 Å². The Morgan fingerprint density at radius 2 is 1.71 bits per heavy atom. The zero-order valence-corrected chi connectivity index (χ0v) is 32.2. The van der Waals surface area contributed by atoms with Crippen LogP contribution >= 0.6 is 27.7 Å². The van der Waals surface area contributed by atoms with E-state index in [1.165, 1.54) is 0 Å². The van der Waals surface area contributed by atoms with Crippen molar-refractivity contribution in [3.63, 3.8) is 0 Å². The van der Waals surface area contributed by atoms with Gasteiger partial charge in [0, 0.05) is 47.5 Å². The number of aliphatic hydroxyl groups is 1. The first kappa shape index (κ1) is 38.5. The number of unbranched alkanes of at least 4 members (excludes halogenated alkanes) is 3. The van der Waals surface area contributed by atoms with Crippen molar-refractivity contribution in [3.05, 3.63) is 49.6 Å². The molecule has 3 aliphatic rings. The van der Waals surface area contributed by atoms with Gasteiger partial charge < -0.3 is 24.5 Å². The Balaban J connectivity index is 1.76. The number of halogens is 1. The Bertz CT molecular complexity index is 1330. The Kier molecular flexibility index (Phi) is 12.6. The fraction of sp³-hybridized carbons (Fsp3) is 0.658. The van der Waals surface area contributed by atoms with Crippen molar-refractivity contribution in [1.29, 1.82) is 0 Å². The number of rotatable bonds is 17. The monoisotopic (exact) mass is 745 g/mol. The van der Waals surface area contributed by atoms with Gasteiger partial charge >= 0.3 is 0 Å². The molecular weight excluding hydrogens is 690 g/mol. The molecule has 4 rings (SSSR count). The highest BCUT2D eigenvalue weighted by atomic mass is 79.9. The quantitative estimate of drug-likeness (QED) is 0.107. The van der Waals surface area contributed by atoms with Crippen molar-refractivity contribution in [2.24, 2.45) is 17.3 Å². The second-order valence-electron chi connectivity index (χ2n) is 15.3. The standard InChI is InChI=1S/C38H56BrN3O5S/c1-9-20-40(26-16-18-27(19-17-26)47-11-3)33(44)29-30-34(45)41(22-14-12-13-15-23-43)32(38(30)24-28(39)31(29)48-38)35(46)42(21-10-2)37(7,8)25-36(4,5)6/h9-10,16-19,28-32,43H,1-2,11-15,20-25H2,3-8H3/t28?,29-,30+,31-,32?,38?/m1/s1.